The molecule has 0 radical (unpaired) electrons. The van der Waals surface area contributed by atoms with Crippen LogP contribution in [-0.4, -0.2) is 30.7 Å². The number of rotatable bonds is 10. The average Bonchev–Trinajstić information content (AvgIpc) is 2.54. The minimum atomic E-state index is 0.0850. The summed E-state index contributed by atoms with van der Waals surface area (Å²) in [7, 11) is 1.80. The van der Waals surface area contributed by atoms with E-state index in [1.54, 1.807) is 13.1 Å². The molecule has 0 aliphatic carbocycles. The summed E-state index contributed by atoms with van der Waals surface area (Å²) in [5, 5.41) is 6.69. The molecule has 0 aliphatic rings. The van der Waals surface area contributed by atoms with Crippen molar-refractivity contribution >= 4 is 5.96 Å². The van der Waals surface area contributed by atoms with Crippen LogP contribution in [0.2, 0.25) is 0 Å². The average molecular weight is 335 g/mol. The lowest BCUT2D eigenvalue weighted by Crippen LogP contribution is -2.38. The summed E-state index contributed by atoms with van der Waals surface area (Å²) >= 11 is 0. The van der Waals surface area contributed by atoms with Gasteiger partial charge in [0, 0.05) is 38.4 Å². The van der Waals surface area contributed by atoms with E-state index in [2.05, 4.69) is 29.5 Å². The summed E-state index contributed by atoms with van der Waals surface area (Å²) in [4.78, 5) is 16.0. The van der Waals surface area contributed by atoms with Crippen molar-refractivity contribution in [3.8, 4) is 0 Å². The molecule has 1 heterocycles. The second-order valence-corrected chi connectivity index (χ2v) is 6.68. The fourth-order valence-corrected chi connectivity index (χ4v) is 2.62. The van der Waals surface area contributed by atoms with E-state index < -0.39 is 0 Å². The van der Waals surface area contributed by atoms with Crippen LogP contribution in [0.25, 0.3) is 0 Å². The molecular formula is C19H34N4O. The molecule has 0 spiro atoms. The lowest BCUT2D eigenvalue weighted by atomic mass is 10.1. The Hall–Kier alpha value is -1.78. The highest BCUT2D eigenvalue weighted by Gasteiger charge is 2.00. The SMILES string of the molecule is CN=C(NCCCCC(C)C)NCCCCn1c(C)cccc1=O. The van der Waals surface area contributed by atoms with Crippen molar-refractivity contribution in [2.75, 3.05) is 20.1 Å². The molecule has 24 heavy (non-hydrogen) atoms. The Morgan fingerprint density at radius 2 is 1.79 bits per heavy atom. The van der Waals surface area contributed by atoms with Crippen LogP contribution in [0.4, 0.5) is 0 Å². The van der Waals surface area contributed by atoms with Crippen molar-refractivity contribution < 1.29 is 0 Å². The van der Waals surface area contributed by atoms with Gasteiger partial charge in [-0.1, -0.05) is 32.8 Å². The maximum absolute atomic E-state index is 11.8. The first-order valence-electron chi connectivity index (χ1n) is 9.15. The Kier molecular flexibility index (Phi) is 9.89. The van der Waals surface area contributed by atoms with Crippen LogP contribution >= 0.6 is 0 Å². The monoisotopic (exact) mass is 334 g/mol. The number of unbranched alkanes of at least 4 members (excludes halogenated alkanes) is 2. The highest BCUT2D eigenvalue weighted by atomic mass is 16.1. The van der Waals surface area contributed by atoms with Gasteiger partial charge < -0.3 is 15.2 Å². The third kappa shape index (κ3) is 8.18. The van der Waals surface area contributed by atoms with Gasteiger partial charge in [0.25, 0.3) is 5.56 Å². The molecule has 2 N–H and O–H groups in total. The number of hydrogen-bond donors (Lipinski definition) is 2. The first-order chi connectivity index (χ1) is 11.5. The molecule has 5 heteroatoms. The third-order valence-electron chi connectivity index (χ3n) is 4.09. The van der Waals surface area contributed by atoms with Crippen molar-refractivity contribution in [3.05, 3.63) is 34.2 Å². The van der Waals surface area contributed by atoms with Crippen LogP contribution in [0.3, 0.4) is 0 Å². The zero-order valence-electron chi connectivity index (χ0n) is 15.8. The van der Waals surface area contributed by atoms with Crippen LogP contribution in [-0.2, 0) is 6.54 Å². The van der Waals surface area contributed by atoms with Gasteiger partial charge in [-0.05, 0) is 38.2 Å². The fourth-order valence-electron chi connectivity index (χ4n) is 2.62. The zero-order valence-corrected chi connectivity index (χ0v) is 15.8. The Labute approximate surface area is 146 Å². The van der Waals surface area contributed by atoms with E-state index in [-0.39, 0.29) is 5.56 Å². The molecule has 1 aromatic heterocycles. The Balaban J connectivity index is 2.15. The van der Waals surface area contributed by atoms with Crippen molar-refractivity contribution in [2.24, 2.45) is 10.9 Å². The lowest BCUT2D eigenvalue weighted by Gasteiger charge is -2.13. The summed E-state index contributed by atoms with van der Waals surface area (Å²) < 4.78 is 1.84. The van der Waals surface area contributed by atoms with Crippen LogP contribution in [0.15, 0.2) is 28.0 Å². The number of aromatic nitrogens is 1. The summed E-state index contributed by atoms with van der Waals surface area (Å²) in [5.74, 6) is 1.65. The number of pyridine rings is 1. The zero-order chi connectivity index (χ0) is 17.8. The second-order valence-electron chi connectivity index (χ2n) is 6.68. The van der Waals surface area contributed by atoms with E-state index >= 15 is 0 Å². The summed E-state index contributed by atoms with van der Waals surface area (Å²) in [5.41, 5.74) is 1.11. The van der Waals surface area contributed by atoms with Gasteiger partial charge in [0.05, 0.1) is 0 Å². The molecule has 1 rings (SSSR count). The lowest BCUT2D eigenvalue weighted by molar-refractivity contribution is 0.533. The molecule has 0 bridgehead atoms. The first kappa shape index (κ1) is 20.3. The number of nitrogens with one attached hydrogen (secondary N) is 2. The van der Waals surface area contributed by atoms with Gasteiger partial charge >= 0.3 is 0 Å². The Bertz CT molecular complexity index is 549. The highest BCUT2D eigenvalue weighted by Crippen LogP contribution is 2.05. The molecule has 0 aromatic carbocycles. The minimum Gasteiger partial charge on any atom is -0.356 e. The number of nitrogens with zero attached hydrogens (tertiary/aromatic N) is 2. The van der Waals surface area contributed by atoms with Crippen LogP contribution < -0.4 is 16.2 Å². The molecule has 0 saturated heterocycles. The Morgan fingerprint density at radius 3 is 2.38 bits per heavy atom. The number of hydrogen-bond acceptors (Lipinski definition) is 2. The van der Waals surface area contributed by atoms with E-state index in [0.29, 0.717) is 0 Å². The predicted molar refractivity (Wildman–Crippen MR) is 103 cm³/mol. The molecular weight excluding hydrogens is 300 g/mol. The van der Waals surface area contributed by atoms with E-state index in [9.17, 15) is 4.79 Å². The third-order valence-corrected chi connectivity index (χ3v) is 4.09. The molecule has 0 fully saturated rings. The van der Waals surface area contributed by atoms with Gasteiger partial charge in [-0.2, -0.15) is 0 Å². The number of guanidine groups is 1. The largest absolute Gasteiger partial charge is 0.356 e. The van der Waals surface area contributed by atoms with E-state index in [1.807, 2.05) is 23.6 Å². The maximum atomic E-state index is 11.8. The van der Waals surface area contributed by atoms with Crippen molar-refractivity contribution in [2.45, 2.75) is 59.4 Å². The minimum absolute atomic E-state index is 0.0850. The summed E-state index contributed by atoms with van der Waals surface area (Å²) in [6, 6.07) is 5.41. The summed E-state index contributed by atoms with van der Waals surface area (Å²) in [6.45, 7) is 9.11. The molecule has 0 unspecified atom stereocenters. The molecule has 0 atom stereocenters. The van der Waals surface area contributed by atoms with Crippen LogP contribution in [0, 0.1) is 12.8 Å². The van der Waals surface area contributed by atoms with Gasteiger partial charge in [0.2, 0.25) is 0 Å². The smallest absolute Gasteiger partial charge is 0.250 e. The molecule has 0 amide bonds. The number of aryl methyl sites for hydroxylation is 1. The van der Waals surface area contributed by atoms with E-state index in [4.69, 9.17) is 0 Å². The van der Waals surface area contributed by atoms with Crippen LogP contribution in [0.5, 0.6) is 0 Å². The van der Waals surface area contributed by atoms with Gasteiger partial charge in [-0.3, -0.25) is 9.79 Å². The number of aliphatic imine (C=N–C) groups is 1. The second kappa shape index (κ2) is 11.7. The van der Waals surface area contributed by atoms with E-state index in [1.165, 1.54) is 19.3 Å². The van der Waals surface area contributed by atoms with Gasteiger partial charge in [0.15, 0.2) is 5.96 Å². The molecule has 136 valence electrons. The molecule has 5 nitrogen and oxygen atoms in total. The molecule has 1 aromatic rings. The quantitative estimate of drug-likeness (QED) is 0.393. The highest BCUT2D eigenvalue weighted by molar-refractivity contribution is 5.79. The fraction of sp³-hybridized carbons (Fsp3) is 0.684. The Morgan fingerprint density at radius 1 is 1.12 bits per heavy atom. The first-order valence-corrected chi connectivity index (χ1v) is 9.15. The van der Waals surface area contributed by atoms with Crippen molar-refractivity contribution in [1.82, 2.24) is 15.2 Å². The normalized spacial score (nSPS) is 11.8. The van der Waals surface area contributed by atoms with E-state index in [0.717, 1.165) is 50.0 Å². The van der Waals surface area contributed by atoms with Crippen molar-refractivity contribution in [1.29, 1.82) is 0 Å². The predicted octanol–water partition coefficient (Wildman–Crippen LogP) is 2.93. The maximum Gasteiger partial charge on any atom is 0.250 e. The molecule has 0 saturated carbocycles. The van der Waals surface area contributed by atoms with Gasteiger partial charge in [-0.15, -0.1) is 0 Å². The molecule has 0 aliphatic heterocycles. The topological polar surface area (TPSA) is 58.4 Å². The van der Waals surface area contributed by atoms with Gasteiger partial charge in [0.1, 0.15) is 0 Å². The summed E-state index contributed by atoms with van der Waals surface area (Å²) in [6.07, 6.45) is 5.70. The standard InChI is InChI=1S/C19H34N4O/c1-16(2)10-5-6-13-21-19(20-4)22-14-7-8-15-23-17(3)11-9-12-18(23)24/h9,11-12,16H,5-8,10,13-15H2,1-4H3,(H2,20,21,22). The van der Waals surface area contributed by atoms with Crippen molar-refractivity contribution in [3.63, 3.8) is 0 Å². The van der Waals surface area contributed by atoms with Crippen LogP contribution in [0.1, 0.15) is 51.6 Å². The van der Waals surface area contributed by atoms with Gasteiger partial charge in [-0.25, -0.2) is 0 Å².